The molecule has 0 aromatic carbocycles. The van der Waals surface area contributed by atoms with Gasteiger partial charge in [-0.15, -0.1) is 0 Å². The highest BCUT2D eigenvalue weighted by molar-refractivity contribution is 7.91. The summed E-state index contributed by atoms with van der Waals surface area (Å²) < 4.78 is 23.2. The molecule has 1 atom stereocenters. The highest BCUT2D eigenvalue weighted by atomic mass is 32.2. The SMILES string of the molecule is CC(C)(C)NCCC(=O)N1CCS(=O)(=O)CC1CC(=O)O. The Hall–Kier alpha value is -1.15. The van der Waals surface area contributed by atoms with Gasteiger partial charge in [-0.25, -0.2) is 8.42 Å². The molecule has 8 heteroatoms. The number of hydrogen-bond acceptors (Lipinski definition) is 5. The summed E-state index contributed by atoms with van der Waals surface area (Å²) in [7, 11) is -3.26. The van der Waals surface area contributed by atoms with Crippen molar-refractivity contribution in [1.29, 1.82) is 0 Å². The molecule has 0 saturated carbocycles. The Labute approximate surface area is 125 Å². The summed E-state index contributed by atoms with van der Waals surface area (Å²) in [6.45, 7) is 6.51. The number of rotatable bonds is 5. The van der Waals surface area contributed by atoms with Gasteiger partial charge in [0.15, 0.2) is 9.84 Å². The van der Waals surface area contributed by atoms with E-state index in [-0.39, 0.29) is 42.3 Å². The van der Waals surface area contributed by atoms with Crippen LogP contribution in [0.2, 0.25) is 0 Å². The minimum Gasteiger partial charge on any atom is -0.481 e. The number of carbonyl (C=O) groups is 2. The van der Waals surface area contributed by atoms with Crippen LogP contribution in [0.4, 0.5) is 0 Å². The van der Waals surface area contributed by atoms with Gasteiger partial charge in [0.1, 0.15) is 0 Å². The quantitative estimate of drug-likeness (QED) is 0.731. The zero-order chi connectivity index (χ0) is 16.3. The van der Waals surface area contributed by atoms with Crippen LogP contribution < -0.4 is 5.32 Å². The third kappa shape index (κ3) is 6.43. The lowest BCUT2D eigenvalue weighted by atomic mass is 10.1. The predicted octanol–water partition coefficient (Wildman–Crippen LogP) is -0.135. The fourth-order valence-corrected chi connectivity index (χ4v) is 3.80. The lowest BCUT2D eigenvalue weighted by Gasteiger charge is -2.35. The molecule has 0 bridgehead atoms. The minimum absolute atomic E-state index is 0.0780. The molecule has 0 spiro atoms. The molecular formula is C13H24N2O5S. The molecule has 21 heavy (non-hydrogen) atoms. The van der Waals surface area contributed by atoms with Gasteiger partial charge in [-0.1, -0.05) is 0 Å². The third-order valence-corrected chi connectivity index (χ3v) is 4.95. The third-order valence-electron chi connectivity index (χ3n) is 3.26. The summed E-state index contributed by atoms with van der Waals surface area (Å²) in [5, 5.41) is 12.1. The summed E-state index contributed by atoms with van der Waals surface area (Å²) in [6.07, 6.45) is -0.106. The van der Waals surface area contributed by atoms with Gasteiger partial charge >= 0.3 is 5.97 Å². The van der Waals surface area contributed by atoms with Crippen LogP contribution in [0, 0.1) is 0 Å². The molecule has 0 radical (unpaired) electrons. The van der Waals surface area contributed by atoms with E-state index in [9.17, 15) is 18.0 Å². The molecule has 1 amide bonds. The largest absolute Gasteiger partial charge is 0.481 e. The number of hydrogen-bond donors (Lipinski definition) is 2. The van der Waals surface area contributed by atoms with Gasteiger partial charge in [-0.2, -0.15) is 0 Å². The molecule has 122 valence electrons. The Morgan fingerprint density at radius 2 is 1.95 bits per heavy atom. The van der Waals surface area contributed by atoms with Crippen molar-refractivity contribution in [3.05, 3.63) is 0 Å². The van der Waals surface area contributed by atoms with Gasteiger partial charge in [0.05, 0.1) is 24.0 Å². The summed E-state index contributed by atoms with van der Waals surface area (Å²) in [5.74, 6) is -1.66. The van der Waals surface area contributed by atoms with Crippen molar-refractivity contribution in [2.45, 2.75) is 45.2 Å². The number of carbonyl (C=O) groups excluding carboxylic acids is 1. The van der Waals surface area contributed by atoms with Crippen molar-refractivity contribution in [1.82, 2.24) is 10.2 Å². The van der Waals surface area contributed by atoms with Crippen molar-refractivity contribution >= 4 is 21.7 Å². The lowest BCUT2D eigenvalue weighted by Crippen LogP contribution is -2.52. The monoisotopic (exact) mass is 320 g/mol. The Bertz CT molecular complexity index is 495. The van der Waals surface area contributed by atoms with E-state index < -0.39 is 21.8 Å². The van der Waals surface area contributed by atoms with Crippen molar-refractivity contribution < 1.29 is 23.1 Å². The fourth-order valence-electron chi connectivity index (χ4n) is 2.27. The maximum Gasteiger partial charge on any atom is 0.305 e. The van der Waals surface area contributed by atoms with Crippen LogP contribution in [0.3, 0.4) is 0 Å². The summed E-state index contributed by atoms with van der Waals surface area (Å²) >= 11 is 0. The number of carboxylic acid groups (broad SMARTS) is 1. The van der Waals surface area contributed by atoms with Crippen LogP contribution in [0.5, 0.6) is 0 Å². The Morgan fingerprint density at radius 3 is 2.48 bits per heavy atom. The first-order chi connectivity index (χ1) is 9.50. The number of nitrogens with zero attached hydrogens (tertiary/aromatic N) is 1. The molecule has 1 aliphatic rings. The van der Waals surface area contributed by atoms with Crippen molar-refractivity contribution in [2.24, 2.45) is 0 Å². The second kappa shape index (κ2) is 6.74. The van der Waals surface area contributed by atoms with E-state index in [1.165, 1.54) is 4.90 Å². The smallest absolute Gasteiger partial charge is 0.305 e. The number of sulfone groups is 1. The van der Waals surface area contributed by atoms with Crippen molar-refractivity contribution in [3.63, 3.8) is 0 Å². The molecule has 1 heterocycles. The number of carboxylic acids is 1. The number of amides is 1. The Morgan fingerprint density at radius 1 is 1.33 bits per heavy atom. The van der Waals surface area contributed by atoms with E-state index in [1.54, 1.807) is 0 Å². The second-order valence-electron chi connectivity index (χ2n) is 6.38. The average molecular weight is 320 g/mol. The number of nitrogens with one attached hydrogen (secondary N) is 1. The average Bonchev–Trinajstić information content (AvgIpc) is 2.24. The van der Waals surface area contributed by atoms with Gasteiger partial charge in [0.25, 0.3) is 0 Å². The van der Waals surface area contributed by atoms with Crippen LogP contribution in [0.25, 0.3) is 0 Å². The highest BCUT2D eigenvalue weighted by Gasteiger charge is 2.35. The van der Waals surface area contributed by atoms with Crippen LogP contribution in [-0.2, 0) is 19.4 Å². The van der Waals surface area contributed by atoms with E-state index in [0.717, 1.165) is 0 Å². The van der Waals surface area contributed by atoms with Crippen molar-refractivity contribution in [2.75, 3.05) is 24.6 Å². The number of aliphatic carboxylic acids is 1. The topological polar surface area (TPSA) is 104 Å². The lowest BCUT2D eigenvalue weighted by molar-refractivity contribution is -0.140. The van der Waals surface area contributed by atoms with Crippen LogP contribution in [0.1, 0.15) is 33.6 Å². The maximum atomic E-state index is 12.2. The standard InChI is InChI=1S/C13H24N2O5S/c1-13(2,3)14-5-4-11(16)15-6-7-21(19,20)9-10(15)8-12(17)18/h10,14H,4-9H2,1-3H3,(H,17,18). The predicted molar refractivity (Wildman–Crippen MR) is 78.8 cm³/mol. The second-order valence-corrected chi connectivity index (χ2v) is 8.61. The van der Waals surface area contributed by atoms with E-state index in [1.807, 2.05) is 20.8 Å². The van der Waals surface area contributed by atoms with Gasteiger partial charge in [0, 0.05) is 25.0 Å². The summed E-state index contributed by atoms with van der Waals surface area (Å²) in [6, 6.07) is -0.761. The van der Waals surface area contributed by atoms with Crippen LogP contribution >= 0.6 is 0 Å². The molecule has 0 aromatic heterocycles. The summed E-state index contributed by atoms with van der Waals surface area (Å²) in [5.41, 5.74) is -0.105. The van der Waals surface area contributed by atoms with E-state index in [4.69, 9.17) is 5.11 Å². The molecule has 0 aromatic rings. The van der Waals surface area contributed by atoms with E-state index in [0.29, 0.717) is 6.54 Å². The fraction of sp³-hybridized carbons (Fsp3) is 0.846. The minimum atomic E-state index is -3.26. The molecule has 2 N–H and O–H groups in total. The first-order valence-electron chi connectivity index (χ1n) is 6.97. The molecule has 1 aliphatic heterocycles. The molecule has 7 nitrogen and oxygen atoms in total. The zero-order valence-corrected chi connectivity index (χ0v) is 13.6. The Balaban J connectivity index is 2.65. The molecule has 1 rings (SSSR count). The molecule has 1 fully saturated rings. The van der Waals surface area contributed by atoms with Crippen LogP contribution in [-0.4, -0.2) is 66.5 Å². The molecule has 0 aliphatic carbocycles. The van der Waals surface area contributed by atoms with Crippen molar-refractivity contribution in [3.8, 4) is 0 Å². The molecule has 1 saturated heterocycles. The first kappa shape index (κ1) is 17.9. The maximum absolute atomic E-state index is 12.2. The normalized spacial score (nSPS) is 22.0. The van der Waals surface area contributed by atoms with E-state index >= 15 is 0 Å². The van der Waals surface area contributed by atoms with Crippen LogP contribution in [0.15, 0.2) is 0 Å². The first-order valence-corrected chi connectivity index (χ1v) is 8.79. The van der Waals surface area contributed by atoms with Gasteiger partial charge in [-0.3, -0.25) is 9.59 Å². The molecular weight excluding hydrogens is 296 g/mol. The van der Waals surface area contributed by atoms with Gasteiger partial charge in [-0.05, 0) is 20.8 Å². The molecule has 1 unspecified atom stereocenters. The van der Waals surface area contributed by atoms with Gasteiger partial charge in [0.2, 0.25) is 5.91 Å². The van der Waals surface area contributed by atoms with Gasteiger partial charge < -0.3 is 15.3 Å². The zero-order valence-electron chi connectivity index (χ0n) is 12.8. The van der Waals surface area contributed by atoms with E-state index in [2.05, 4.69) is 5.32 Å². The Kier molecular flexibility index (Phi) is 5.75. The summed E-state index contributed by atoms with van der Waals surface area (Å²) in [4.78, 5) is 24.4. The highest BCUT2D eigenvalue weighted by Crippen LogP contribution is 2.16.